The molecule has 0 saturated carbocycles. The first kappa shape index (κ1) is 23.1. The van der Waals surface area contributed by atoms with E-state index in [2.05, 4.69) is 27.7 Å². The summed E-state index contributed by atoms with van der Waals surface area (Å²) in [5.41, 5.74) is 0. The Morgan fingerprint density at radius 1 is 1.11 bits per heavy atom. The van der Waals surface area contributed by atoms with Crippen molar-refractivity contribution < 1.29 is 24.1 Å². The molecule has 5 nitrogen and oxygen atoms in total. The van der Waals surface area contributed by atoms with Gasteiger partial charge in [-0.2, -0.15) is 0 Å². The molecule has 0 aliphatic carbocycles. The molecule has 0 aromatic rings. The molecule has 2 fully saturated rings. The Morgan fingerprint density at radius 2 is 1.81 bits per heavy atom. The zero-order valence-corrected chi connectivity index (χ0v) is 18.3. The van der Waals surface area contributed by atoms with Crippen LogP contribution in [0.15, 0.2) is 0 Å². The lowest BCUT2D eigenvalue weighted by Crippen LogP contribution is -2.36. The summed E-state index contributed by atoms with van der Waals surface area (Å²) in [4.78, 5) is 0. The van der Waals surface area contributed by atoms with E-state index in [4.69, 9.17) is 18.9 Å². The third-order valence-corrected chi connectivity index (χ3v) is 6.28. The van der Waals surface area contributed by atoms with Crippen LogP contribution >= 0.6 is 0 Å². The smallest absolute Gasteiger partial charge is 0.165 e. The maximum Gasteiger partial charge on any atom is 0.165 e. The summed E-state index contributed by atoms with van der Waals surface area (Å²) in [7, 11) is 0. The van der Waals surface area contributed by atoms with Crippen LogP contribution in [0.1, 0.15) is 80.1 Å². The quantitative estimate of drug-likeness (QED) is 0.698. The molecule has 7 atom stereocenters. The molecule has 0 radical (unpaired) electrons. The Morgan fingerprint density at radius 3 is 2.41 bits per heavy atom. The SMILES string of the molecule is CCC(CC)C1OCC(C)CC(C2COC(C)(CC)OC(CC(C)O)C2)O1. The highest BCUT2D eigenvalue weighted by molar-refractivity contribution is 4.84. The molecule has 0 amide bonds. The number of aliphatic hydroxyl groups is 1. The van der Waals surface area contributed by atoms with Crippen molar-refractivity contribution in [3.8, 4) is 0 Å². The highest BCUT2D eigenvalue weighted by atomic mass is 16.7. The maximum absolute atomic E-state index is 9.93. The van der Waals surface area contributed by atoms with Gasteiger partial charge in [-0.3, -0.25) is 0 Å². The molecule has 2 aliphatic rings. The molecular weight excluding hydrogens is 344 g/mol. The molecule has 5 heteroatoms. The van der Waals surface area contributed by atoms with Crippen LogP contribution < -0.4 is 0 Å². The zero-order valence-electron chi connectivity index (χ0n) is 18.3. The Labute approximate surface area is 166 Å². The summed E-state index contributed by atoms with van der Waals surface area (Å²) in [6.07, 6.45) is 4.95. The molecule has 27 heavy (non-hydrogen) atoms. The van der Waals surface area contributed by atoms with Crippen LogP contribution in [0, 0.1) is 17.8 Å². The van der Waals surface area contributed by atoms with Gasteiger partial charge in [-0.25, -0.2) is 0 Å². The highest BCUT2D eigenvalue weighted by Crippen LogP contribution is 2.36. The second kappa shape index (κ2) is 10.5. The molecular formula is C22H42O5. The standard InChI is InChI=1S/C22H42O5/c1-7-17(8-2)21-24-13-15(4)10-20(26-21)18-12-19(11-16(5)23)27-22(6,9-3)25-14-18/h15-21,23H,7-14H2,1-6H3. The van der Waals surface area contributed by atoms with Gasteiger partial charge in [0.2, 0.25) is 0 Å². The van der Waals surface area contributed by atoms with E-state index in [9.17, 15) is 5.11 Å². The lowest BCUT2D eigenvalue weighted by molar-refractivity contribution is -0.242. The van der Waals surface area contributed by atoms with Crippen molar-refractivity contribution in [1.82, 2.24) is 0 Å². The fraction of sp³-hybridized carbons (Fsp3) is 1.00. The topological polar surface area (TPSA) is 57.2 Å². The van der Waals surface area contributed by atoms with Gasteiger partial charge in [-0.1, -0.05) is 27.7 Å². The van der Waals surface area contributed by atoms with Crippen LogP contribution in [0.25, 0.3) is 0 Å². The van der Waals surface area contributed by atoms with Gasteiger partial charge in [0.05, 0.1) is 31.5 Å². The monoisotopic (exact) mass is 386 g/mol. The normalized spacial score (nSPS) is 39.8. The first-order valence-corrected chi connectivity index (χ1v) is 11.1. The van der Waals surface area contributed by atoms with Crippen molar-refractivity contribution in [1.29, 1.82) is 0 Å². The number of hydrogen-bond acceptors (Lipinski definition) is 5. The van der Waals surface area contributed by atoms with Gasteiger partial charge >= 0.3 is 0 Å². The van der Waals surface area contributed by atoms with Gasteiger partial charge in [0.15, 0.2) is 12.1 Å². The predicted octanol–water partition coefficient (Wildman–Crippen LogP) is 4.51. The third-order valence-electron chi connectivity index (χ3n) is 6.28. The van der Waals surface area contributed by atoms with Gasteiger partial charge < -0.3 is 24.1 Å². The molecule has 160 valence electrons. The number of ether oxygens (including phenoxy) is 4. The van der Waals surface area contributed by atoms with Crippen LogP contribution in [-0.2, 0) is 18.9 Å². The van der Waals surface area contributed by atoms with Crippen molar-refractivity contribution >= 4 is 0 Å². The van der Waals surface area contributed by atoms with E-state index in [1.54, 1.807) is 0 Å². The molecule has 2 aliphatic heterocycles. The molecule has 2 heterocycles. The fourth-order valence-corrected chi connectivity index (χ4v) is 4.31. The summed E-state index contributed by atoms with van der Waals surface area (Å²) in [6.45, 7) is 14.0. The highest BCUT2D eigenvalue weighted by Gasteiger charge is 2.40. The molecule has 0 aromatic heterocycles. The van der Waals surface area contributed by atoms with E-state index in [-0.39, 0.29) is 30.5 Å². The average Bonchev–Trinajstić information content (AvgIpc) is 2.90. The van der Waals surface area contributed by atoms with Gasteiger partial charge in [-0.05, 0) is 58.3 Å². The van der Waals surface area contributed by atoms with Crippen molar-refractivity contribution in [2.75, 3.05) is 13.2 Å². The summed E-state index contributed by atoms with van der Waals surface area (Å²) < 4.78 is 25.2. The molecule has 0 aromatic carbocycles. The van der Waals surface area contributed by atoms with Gasteiger partial charge in [0.1, 0.15) is 0 Å². The first-order chi connectivity index (χ1) is 12.8. The van der Waals surface area contributed by atoms with Crippen LogP contribution in [0.5, 0.6) is 0 Å². The largest absolute Gasteiger partial charge is 0.393 e. The van der Waals surface area contributed by atoms with E-state index < -0.39 is 5.79 Å². The van der Waals surface area contributed by atoms with E-state index in [1.807, 2.05) is 13.8 Å². The Balaban J connectivity index is 2.15. The molecule has 1 N–H and O–H groups in total. The van der Waals surface area contributed by atoms with Crippen LogP contribution in [0.4, 0.5) is 0 Å². The number of aliphatic hydroxyl groups excluding tert-OH is 1. The average molecular weight is 387 g/mol. The second-order valence-corrected chi connectivity index (χ2v) is 8.91. The summed E-state index contributed by atoms with van der Waals surface area (Å²) in [6, 6.07) is 0. The van der Waals surface area contributed by atoms with Gasteiger partial charge in [-0.15, -0.1) is 0 Å². The van der Waals surface area contributed by atoms with E-state index in [0.717, 1.165) is 38.7 Å². The Bertz CT molecular complexity index is 425. The zero-order chi connectivity index (χ0) is 20.0. The number of rotatable bonds is 7. The van der Waals surface area contributed by atoms with E-state index in [0.29, 0.717) is 24.9 Å². The van der Waals surface area contributed by atoms with Crippen molar-refractivity contribution in [3.63, 3.8) is 0 Å². The minimum absolute atomic E-state index is 0.0166. The van der Waals surface area contributed by atoms with E-state index in [1.165, 1.54) is 0 Å². The molecule has 0 spiro atoms. The molecule has 2 rings (SSSR count). The van der Waals surface area contributed by atoms with E-state index >= 15 is 0 Å². The predicted molar refractivity (Wildman–Crippen MR) is 106 cm³/mol. The van der Waals surface area contributed by atoms with Crippen LogP contribution in [-0.4, -0.2) is 48.7 Å². The molecule has 0 bridgehead atoms. The number of hydrogen-bond donors (Lipinski definition) is 1. The Kier molecular flexibility index (Phi) is 9.01. The van der Waals surface area contributed by atoms with Gasteiger partial charge in [0.25, 0.3) is 0 Å². The summed E-state index contributed by atoms with van der Waals surface area (Å²) in [5.74, 6) is 0.556. The lowest BCUT2D eigenvalue weighted by Gasteiger charge is -2.31. The van der Waals surface area contributed by atoms with Crippen molar-refractivity contribution in [2.45, 2.75) is 110 Å². The third kappa shape index (κ3) is 6.67. The summed E-state index contributed by atoms with van der Waals surface area (Å²) >= 11 is 0. The lowest BCUT2D eigenvalue weighted by atomic mass is 9.89. The fourth-order valence-electron chi connectivity index (χ4n) is 4.31. The van der Waals surface area contributed by atoms with Crippen molar-refractivity contribution in [3.05, 3.63) is 0 Å². The summed E-state index contributed by atoms with van der Waals surface area (Å²) in [5, 5.41) is 9.93. The molecule has 7 unspecified atom stereocenters. The van der Waals surface area contributed by atoms with Gasteiger partial charge in [0, 0.05) is 11.8 Å². The minimum atomic E-state index is -0.587. The first-order valence-electron chi connectivity index (χ1n) is 11.1. The van der Waals surface area contributed by atoms with Crippen molar-refractivity contribution in [2.24, 2.45) is 17.8 Å². The molecule has 2 saturated heterocycles. The second-order valence-electron chi connectivity index (χ2n) is 8.91. The van der Waals surface area contributed by atoms with Crippen LogP contribution in [0.2, 0.25) is 0 Å². The minimum Gasteiger partial charge on any atom is -0.393 e. The maximum atomic E-state index is 9.93. The van der Waals surface area contributed by atoms with Crippen LogP contribution in [0.3, 0.4) is 0 Å². The Hall–Kier alpha value is -0.200.